The molecule has 0 spiro atoms. The van der Waals surface area contributed by atoms with Gasteiger partial charge in [0.25, 0.3) is 5.91 Å². The first-order valence-electron chi connectivity index (χ1n) is 13.6. The number of fused-ring (bicyclic) bond motifs is 1. The van der Waals surface area contributed by atoms with Gasteiger partial charge in [0.2, 0.25) is 5.95 Å². The van der Waals surface area contributed by atoms with Crippen molar-refractivity contribution in [3.63, 3.8) is 0 Å². The van der Waals surface area contributed by atoms with Crippen molar-refractivity contribution in [3.05, 3.63) is 59.3 Å². The molecule has 1 atom stereocenters. The van der Waals surface area contributed by atoms with Crippen LogP contribution in [-0.4, -0.2) is 59.7 Å². The van der Waals surface area contributed by atoms with E-state index in [4.69, 9.17) is 4.74 Å². The van der Waals surface area contributed by atoms with E-state index in [1.165, 1.54) is 0 Å². The summed E-state index contributed by atoms with van der Waals surface area (Å²) in [6.45, 7) is 11.3. The fraction of sp³-hybridized carbons (Fsp3) is 0.414. The number of carbonyl (C=O) groups is 1. The molecule has 2 aromatic carbocycles. The Balaban J connectivity index is 1.46. The summed E-state index contributed by atoms with van der Waals surface area (Å²) in [7, 11) is -3.52. The number of hydrogen-bond donors (Lipinski definition) is 3. The lowest BCUT2D eigenvalue weighted by Gasteiger charge is -2.22. The number of para-hydroxylation sites is 1. The molecule has 0 radical (unpaired) electrons. The molecule has 0 aliphatic carbocycles. The average Bonchev–Trinajstić information content (AvgIpc) is 3.54. The summed E-state index contributed by atoms with van der Waals surface area (Å²) in [5, 5.41) is 9.20. The average molecular weight is 565 g/mol. The molecule has 3 heterocycles. The van der Waals surface area contributed by atoms with Crippen LogP contribution in [0.2, 0.25) is 0 Å². The minimum absolute atomic E-state index is 0.0120. The Bertz CT molecular complexity index is 1530. The summed E-state index contributed by atoms with van der Waals surface area (Å²) < 4.78 is 32.0. The van der Waals surface area contributed by atoms with Crippen molar-refractivity contribution in [2.24, 2.45) is 0 Å². The van der Waals surface area contributed by atoms with Gasteiger partial charge in [-0.2, -0.15) is 4.98 Å². The Morgan fingerprint density at radius 1 is 1.10 bits per heavy atom. The molecule has 5 rings (SSSR count). The molecule has 1 amide bonds. The molecule has 10 nitrogen and oxygen atoms in total. The second-order valence-electron chi connectivity index (χ2n) is 10.8. The number of rotatable bonds is 9. The van der Waals surface area contributed by atoms with E-state index in [1.807, 2.05) is 37.8 Å². The van der Waals surface area contributed by atoms with Crippen LogP contribution in [0.5, 0.6) is 5.75 Å². The summed E-state index contributed by atoms with van der Waals surface area (Å²) >= 11 is 0. The molecule has 2 aliphatic rings. The molecule has 11 heteroatoms. The summed E-state index contributed by atoms with van der Waals surface area (Å²) in [5.74, 6) is 1.37. The van der Waals surface area contributed by atoms with Crippen LogP contribution in [0, 0.1) is 6.92 Å². The highest BCUT2D eigenvalue weighted by atomic mass is 32.2. The number of amides is 1. The quantitative estimate of drug-likeness (QED) is 0.343. The van der Waals surface area contributed by atoms with Gasteiger partial charge < -0.3 is 25.6 Å². The van der Waals surface area contributed by atoms with Crippen molar-refractivity contribution >= 4 is 38.9 Å². The Kier molecular flexibility index (Phi) is 7.70. The Morgan fingerprint density at radius 3 is 2.58 bits per heavy atom. The molecule has 1 aromatic heterocycles. The molecule has 1 fully saturated rings. The number of aromatic nitrogens is 2. The summed E-state index contributed by atoms with van der Waals surface area (Å²) in [6.07, 6.45) is 2.52. The molecular formula is C29H36N6O4S. The van der Waals surface area contributed by atoms with Gasteiger partial charge in [-0.3, -0.25) is 4.79 Å². The van der Waals surface area contributed by atoms with Gasteiger partial charge in [0.05, 0.1) is 27.6 Å². The fourth-order valence-electron chi connectivity index (χ4n) is 4.96. The molecule has 0 unspecified atom stereocenters. The second kappa shape index (κ2) is 11.1. The number of ether oxygens (including phenoxy) is 1. The molecule has 40 heavy (non-hydrogen) atoms. The van der Waals surface area contributed by atoms with Gasteiger partial charge in [-0.15, -0.1) is 0 Å². The van der Waals surface area contributed by atoms with E-state index in [-0.39, 0.29) is 28.9 Å². The van der Waals surface area contributed by atoms with Crippen LogP contribution in [0.4, 0.5) is 23.1 Å². The van der Waals surface area contributed by atoms with Crippen LogP contribution in [0.3, 0.4) is 0 Å². The minimum Gasteiger partial charge on any atom is -0.489 e. The lowest BCUT2D eigenvalue weighted by Crippen LogP contribution is -2.36. The number of aryl methyl sites for hydroxylation is 1. The first-order valence-corrected chi connectivity index (χ1v) is 15.1. The van der Waals surface area contributed by atoms with Crippen LogP contribution < -0.4 is 20.7 Å². The molecule has 1 saturated heterocycles. The van der Waals surface area contributed by atoms with Crippen LogP contribution in [0.1, 0.15) is 55.6 Å². The summed E-state index contributed by atoms with van der Waals surface area (Å²) in [6, 6.07) is 10.7. The highest BCUT2D eigenvalue weighted by molar-refractivity contribution is 7.92. The topological polar surface area (TPSA) is 126 Å². The van der Waals surface area contributed by atoms with E-state index in [0.29, 0.717) is 35.1 Å². The molecule has 2 aliphatic heterocycles. The lowest BCUT2D eigenvalue weighted by molar-refractivity contribution is 0.0717. The SMILES string of the molecule is Cc1cnc(Nc2cc3c(cc2OC(C)C)CN([C@H]2CCNC2)C3=O)nc1Nc1ccccc1S(=O)(=O)C(C)C. The molecule has 3 N–H and O–H groups in total. The van der Waals surface area contributed by atoms with Crippen molar-refractivity contribution in [3.8, 4) is 5.75 Å². The van der Waals surface area contributed by atoms with E-state index < -0.39 is 15.1 Å². The standard InChI is InChI=1S/C29H36N6O4S/c1-17(2)39-25-12-20-16-35(21-10-11-30-15-21)28(36)22(20)13-24(25)33-29-31-14-19(5)27(34-29)32-23-8-6-7-9-26(23)40(37,38)18(3)4/h6-9,12-14,17-18,21,30H,10-11,15-16H2,1-5H3,(H2,31,32,33,34)/t21-/m0/s1. The molecule has 0 bridgehead atoms. The number of sulfone groups is 1. The highest BCUT2D eigenvalue weighted by Gasteiger charge is 2.35. The van der Waals surface area contributed by atoms with Crippen molar-refractivity contribution < 1.29 is 17.9 Å². The first kappa shape index (κ1) is 27.9. The molecule has 212 valence electrons. The van der Waals surface area contributed by atoms with Crippen molar-refractivity contribution in [2.45, 2.75) is 69.9 Å². The van der Waals surface area contributed by atoms with Crippen molar-refractivity contribution in [2.75, 3.05) is 23.7 Å². The van der Waals surface area contributed by atoms with Gasteiger partial charge in [-0.25, -0.2) is 13.4 Å². The maximum atomic E-state index is 13.3. The largest absolute Gasteiger partial charge is 0.489 e. The minimum atomic E-state index is -3.52. The Morgan fingerprint density at radius 2 is 1.88 bits per heavy atom. The zero-order valence-corrected chi connectivity index (χ0v) is 24.3. The number of nitrogens with one attached hydrogen (secondary N) is 3. The summed E-state index contributed by atoms with van der Waals surface area (Å²) in [5.41, 5.74) is 3.35. The molecule has 0 saturated carbocycles. The van der Waals surface area contributed by atoms with Crippen molar-refractivity contribution in [1.82, 2.24) is 20.2 Å². The third kappa shape index (κ3) is 5.48. The van der Waals surface area contributed by atoms with Crippen LogP contribution in [-0.2, 0) is 16.4 Å². The zero-order valence-electron chi connectivity index (χ0n) is 23.5. The van der Waals surface area contributed by atoms with Crippen LogP contribution in [0.25, 0.3) is 0 Å². The normalized spacial score (nSPS) is 17.0. The molecule has 3 aromatic rings. The van der Waals surface area contributed by atoms with Gasteiger partial charge in [-0.1, -0.05) is 12.1 Å². The third-order valence-corrected chi connectivity index (χ3v) is 9.37. The Hall–Kier alpha value is -3.70. The third-order valence-electron chi connectivity index (χ3n) is 7.16. The second-order valence-corrected chi connectivity index (χ2v) is 13.3. The monoisotopic (exact) mass is 564 g/mol. The predicted molar refractivity (Wildman–Crippen MR) is 155 cm³/mol. The Labute approximate surface area is 235 Å². The van der Waals surface area contributed by atoms with Gasteiger partial charge in [0.1, 0.15) is 11.6 Å². The summed E-state index contributed by atoms with van der Waals surface area (Å²) in [4.78, 5) is 24.6. The maximum Gasteiger partial charge on any atom is 0.254 e. The van der Waals surface area contributed by atoms with E-state index in [0.717, 1.165) is 30.6 Å². The van der Waals surface area contributed by atoms with Gasteiger partial charge >= 0.3 is 0 Å². The van der Waals surface area contributed by atoms with E-state index in [2.05, 4.69) is 25.9 Å². The maximum absolute atomic E-state index is 13.3. The molecular weight excluding hydrogens is 528 g/mol. The first-order chi connectivity index (χ1) is 19.0. The number of benzene rings is 2. The number of hydrogen-bond acceptors (Lipinski definition) is 9. The smallest absolute Gasteiger partial charge is 0.254 e. The number of carbonyl (C=O) groups excluding carboxylic acids is 1. The van der Waals surface area contributed by atoms with Crippen molar-refractivity contribution in [1.29, 1.82) is 0 Å². The number of nitrogens with zero attached hydrogens (tertiary/aromatic N) is 3. The number of anilines is 4. The van der Waals surface area contributed by atoms with E-state index >= 15 is 0 Å². The fourth-order valence-corrected chi connectivity index (χ4v) is 6.16. The lowest BCUT2D eigenvalue weighted by atomic mass is 10.1. The zero-order chi connectivity index (χ0) is 28.6. The highest BCUT2D eigenvalue weighted by Crippen LogP contribution is 2.37. The van der Waals surface area contributed by atoms with Gasteiger partial charge in [0.15, 0.2) is 9.84 Å². The van der Waals surface area contributed by atoms with Crippen LogP contribution in [0.15, 0.2) is 47.5 Å². The van der Waals surface area contributed by atoms with E-state index in [1.54, 1.807) is 44.3 Å². The predicted octanol–water partition coefficient (Wildman–Crippen LogP) is 4.56. The van der Waals surface area contributed by atoms with Gasteiger partial charge in [-0.05, 0) is 77.4 Å². The van der Waals surface area contributed by atoms with E-state index in [9.17, 15) is 13.2 Å². The van der Waals surface area contributed by atoms with Gasteiger partial charge in [0, 0.05) is 36.5 Å². The van der Waals surface area contributed by atoms with Crippen LogP contribution >= 0.6 is 0 Å².